The van der Waals surface area contributed by atoms with E-state index in [1.165, 1.54) is 79.8 Å². The Morgan fingerprint density at radius 2 is 1.44 bits per heavy atom. The highest BCUT2D eigenvalue weighted by Crippen LogP contribution is 2.37. The minimum Gasteiger partial charge on any atom is -0.495 e. The second-order valence-corrected chi connectivity index (χ2v) is 19.1. The summed E-state index contributed by atoms with van der Waals surface area (Å²) in [6.07, 6.45) is -1.83. The van der Waals surface area contributed by atoms with Gasteiger partial charge in [0, 0.05) is 11.5 Å². The highest BCUT2D eigenvalue weighted by Gasteiger charge is 2.40. The number of methoxy groups -OCH3 is 1. The summed E-state index contributed by atoms with van der Waals surface area (Å²) in [7, 11) is -2.88. The number of nitrogens with zero attached hydrogens (tertiary/aromatic N) is 5. The minimum atomic E-state index is -4.13. The van der Waals surface area contributed by atoms with Crippen LogP contribution in [-0.2, 0) is 24.2 Å². The number of benzene rings is 2. The fourth-order valence-corrected chi connectivity index (χ4v) is 7.08. The van der Waals surface area contributed by atoms with Gasteiger partial charge in [-0.1, -0.05) is 6.07 Å². The number of para-hydroxylation sites is 1. The standard InChI is InChI=1S/C43H49F3N6O11S/c1-24-18-34(60-36-27(45)14-12-15-28(36)46)47-23-32(24)52-37(51(39(55)62-42(5,6)7)40(56)63-43(8,9)10)26(22-48-52)35(53)31-19-25-20-33(59-11)29(49-64(57,58)17-13-16-44)21-30(25)50(31)38(54)61-41(2,3)4/h12,14-15,18-23,49H,13,16-17H2,1-11H3. The molecule has 0 aliphatic carbocycles. The van der Waals surface area contributed by atoms with Gasteiger partial charge in [0.2, 0.25) is 27.4 Å². The molecular weight excluding hydrogens is 866 g/mol. The lowest BCUT2D eigenvalue weighted by Gasteiger charge is -2.29. The minimum absolute atomic E-state index is 0.0228. The zero-order valence-corrected chi connectivity index (χ0v) is 37.9. The van der Waals surface area contributed by atoms with Crippen molar-refractivity contribution < 1.29 is 64.5 Å². The van der Waals surface area contributed by atoms with E-state index in [4.69, 9.17) is 23.7 Å². The number of pyridine rings is 1. The number of amides is 2. The van der Waals surface area contributed by atoms with Gasteiger partial charge in [0.05, 0.1) is 54.4 Å². The van der Waals surface area contributed by atoms with Crippen LogP contribution in [0.2, 0.25) is 0 Å². The number of halogens is 3. The number of ether oxygens (including phenoxy) is 5. The molecule has 5 aromatic rings. The molecule has 0 atom stereocenters. The van der Waals surface area contributed by atoms with Gasteiger partial charge >= 0.3 is 18.3 Å². The number of carbonyl (C=O) groups is 4. The normalized spacial score (nSPS) is 12.2. The van der Waals surface area contributed by atoms with E-state index in [-0.39, 0.29) is 45.9 Å². The molecule has 0 radical (unpaired) electrons. The van der Waals surface area contributed by atoms with Crippen LogP contribution in [0.25, 0.3) is 16.6 Å². The van der Waals surface area contributed by atoms with Crippen LogP contribution in [0.5, 0.6) is 17.4 Å². The van der Waals surface area contributed by atoms with Crippen molar-refractivity contribution >= 4 is 56.5 Å². The quantitative estimate of drug-likeness (QED) is 0.0918. The van der Waals surface area contributed by atoms with E-state index < -0.39 is 97.8 Å². The molecule has 64 heavy (non-hydrogen) atoms. The van der Waals surface area contributed by atoms with Crippen molar-refractivity contribution in [3.05, 3.63) is 83.3 Å². The summed E-state index contributed by atoms with van der Waals surface area (Å²) in [5, 5.41) is 4.57. The van der Waals surface area contributed by atoms with Crippen molar-refractivity contribution in [3.63, 3.8) is 0 Å². The van der Waals surface area contributed by atoms with Crippen molar-refractivity contribution in [1.29, 1.82) is 0 Å². The van der Waals surface area contributed by atoms with E-state index in [1.807, 2.05) is 0 Å². The lowest BCUT2D eigenvalue weighted by Crippen LogP contribution is -2.45. The first-order valence-electron chi connectivity index (χ1n) is 19.6. The maximum Gasteiger partial charge on any atom is 0.425 e. The maximum atomic E-state index is 15.2. The number of aryl methyl sites for hydroxylation is 1. The third-order valence-corrected chi connectivity index (χ3v) is 9.86. The second kappa shape index (κ2) is 18.2. The summed E-state index contributed by atoms with van der Waals surface area (Å²) >= 11 is 0. The average Bonchev–Trinajstić information content (AvgIpc) is 3.74. The monoisotopic (exact) mass is 914 g/mol. The van der Waals surface area contributed by atoms with E-state index in [0.29, 0.717) is 4.90 Å². The van der Waals surface area contributed by atoms with Crippen LogP contribution >= 0.6 is 0 Å². The van der Waals surface area contributed by atoms with Gasteiger partial charge in [0.1, 0.15) is 28.2 Å². The lowest BCUT2D eigenvalue weighted by atomic mass is 10.1. The molecule has 5 rings (SSSR count). The van der Waals surface area contributed by atoms with Gasteiger partial charge < -0.3 is 23.7 Å². The molecule has 0 saturated carbocycles. The van der Waals surface area contributed by atoms with Crippen LogP contribution in [0.15, 0.2) is 54.9 Å². The Hall–Kier alpha value is -6.64. The fraction of sp³-hybridized carbons (Fsp3) is 0.395. The molecule has 1 N–H and O–H groups in total. The Kier molecular flexibility index (Phi) is 13.8. The molecule has 0 spiro atoms. The summed E-state index contributed by atoms with van der Waals surface area (Å²) in [6.45, 7) is 14.6. The third-order valence-electron chi connectivity index (χ3n) is 8.51. The smallest absolute Gasteiger partial charge is 0.425 e. The Balaban J connectivity index is 1.80. The SMILES string of the molecule is COc1cc2cc(C(=O)c3cnn(-c4cnc(Oc5c(F)cccc5F)cc4C)c3N(C(=O)OC(C)(C)C)C(=O)OC(C)(C)C)n(C(=O)OC(C)(C)C)c2cc1NS(=O)(=O)CCCF. The number of carbonyl (C=O) groups excluding carboxylic acids is 4. The molecule has 0 aliphatic heterocycles. The van der Waals surface area contributed by atoms with Crippen LogP contribution < -0.4 is 19.1 Å². The van der Waals surface area contributed by atoms with Crippen LogP contribution in [0.4, 0.5) is 39.1 Å². The number of anilines is 2. The van der Waals surface area contributed by atoms with E-state index in [1.54, 1.807) is 20.8 Å². The number of nitrogens with one attached hydrogen (secondary N) is 1. The van der Waals surface area contributed by atoms with Crippen molar-refractivity contribution in [2.24, 2.45) is 0 Å². The molecule has 0 bridgehead atoms. The molecule has 21 heteroatoms. The molecule has 3 aromatic heterocycles. The van der Waals surface area contributed by atoms with Crippen LogP contribution in [0.3, 0.4) is 0 Å². The Morgan fingerprint density at radius 3 is 1.97 bits per heavy atom. The van der Waals surface area contributed by atoms with Gasteiger partial charge in [-0.3, -0.25) is 13.9 Å². The molecule has 344 valence electrons. The number of hydrogen-bond acceptors (Lipinski definition) is 13. The zero-order valence-electron chi connectivity index (χ0n) is 37.1. The Bertz CT molecular complexity index is 2680. The summed E-state index contributed by atoms with van der Waals surface area (Å²) in [6, 6.07) is 8.28. The fourth-order valence-electron chi connectivity index (χ4n) is 6.00. The summed E-state index contributed by atoms with van der Waals surface area (Å²) in [5.41, 5.74) is -4.37. The number of hydrogen-bond donors (Lipinski definition) is 1. The van der Waals surface area contributed by atoms with E-state index >= 15 is 4.79 Å². The van der Waals surface area contributed by atoms with E-state index in [2.05, 4.69) is 14.8 Å². The van der Waals surface area contributed by atoms with Gasteiger partial charge in [-0.2, -0.15) is 10.00 Å². The van der Waals surface area contributed by atoms with Crippen molar-refractivity contribution in [1.82, 2.24) is 19.3 Å². The molecular formula is C43H49F3N6O11S. The van der Waals surface area contributed by atoms with Gasteiger partial charge in [0.25, 0.3) is 0 Å². The Labute approximate surface area is 367 Å². The predicted octanol–water partition coefficient (Wildman–Crippen LogP) is 9.40. The third kappa shape index (κ3) is 11.3. The molecule has 0 unspecified atom stereocenters. The predicted molar refractivity (Wildman–Crippen MR) is 229 cm³/mol. The lowest BCUT2D eigenvalue weighted by molar-refractivity contribution is 0.0425. The summed E-state index contributed by atoms with van der Waals surface area (Å²) in [4.78, 5) is 62.4. The van der Waals surface area contributed by atoms with Crippen LogP contribution in [-0.4, -0.2) is 88.2 Å². The molecule has 17 nitrogen and oxygen atoms in total. The number of alkyl halides is 1. The van der Waals surface area contributed by atoms with Crippen molar-refractivity contribution in [2.45, 2.75) is 92.5 Å². The number of aromatic nitrogens is 4. The zero-order chi connectivity index (χ0) is 47.7. The summed E-state index contributed by atoms with van der Waals surface area (Å²) < 4.78 is 99.9. The molecule has 0 saturated heterocycles. The van der Waals surface area contributed by atoms with Crippen molar-refractivity contribution in [2.75, 3.05) is 29.2 Å². The first kappa shape index (κ1) is 48.4. The second-order valence-electron chi connectivity index (χ2n) is 17.3. The highest BCUT2D eigenvalue weighted by molar-refractivity contribution is 7.92. The molecule has 0 aliphatic rings. The highest BCUT2D eigenvalue weighted by atomic mass is 32.2. The number of imide groups is 1. The number of ketones is 1. The van der Waals surface area contributed by atoms with Gasteiger partial charge in [0.15, 0.2) is 17.5 Å². The van der Waals surface area contributed by atoms with Crippen LogP contribution in [0.1, 0.15) is 90.3 Å². The molecule has 2 aromatic carbocycles. The summed E-state index contributed by atoms with van der Waals surface area (Å²) in [5.74, 6) is -5.16. The first-order chi connectivity index (χ1) is 29.6. The van der Waals surface area contributed by atoms with Gasteiger partial charge in [-0.15, -0.1) is 0 Å². The van der Waals surface area contributed by atoms with Crippen molar-refractivity contribution in [3.8, 4) is 23.1 Å². The maximum absolute atomic E-state index is 15.2. The average molecular weight is 915 g/mol. The number of sulfonamides is 1. The molecule has 2 amide bonds. The first-order valence-corrected chi connectivity index (χ1v) is 21.3. The van der Waals surface area contributed by atoms with Gasteiger partial charge in [-0.05, 0) is 112 Å². The van der Waals surface area contributed by atoms with E-state index in [9.17, 15) is 36.0 Å². The van der Waals surface area contributed by atoms with Crippen LogP contribution in [0, 0.1) is 18.6 Å². The largest absolute Gasteiger partial charge is 0.495 e. The molecule has 3 heterocycles. The number of rotatable bonds is 12. The number of fused-ring (bicyclic) bond motifs is 1. The molecule has 0 fully saturated rings. The topological polar surface area (TPSA) is 199 Å². The van der Waals surface area contributed by atoms with Gasteiger partial charge in [-0.25, -0.2) is 45.8 Å². The Morgan fingerprint density at radius 1 is 0.844 bits per heavy atom. The van der Waals surface area contributed by atoms with E-state index in [0.717, 1.165) is 39.8 Å².